The van der Waals surface area contributed by atoms with Gasteiger partial charge in [-0.3, -0.25) is 0 Å². The van der Waals surface area contributed by atoms with Crippen molar-refractivity contribution in [2.75, 3.05) is 0 Å². The maximum atomic E-state index is 9.28. The van der Waals surface area contributed by atoms with E-state index in [0.29, 0.717) is 18.7 Å². The van der Waals surface area contributed by atoms with E-state index in [0.717, 1.165) is 17.0 Å². The number of aryl methyl sites for hydroxylation is 1. The van der Waals surface area contributed by atoms with E-state index in [1.807, 2.05) is 31.2 Å². The summed E-state index contributed by atoms with van der Waals surface area (Å²) in [5.41, 5.74) is 2.51. The molecule has 1 atom stereocenters. The molecule has 2 aromatic rings. The van der Waals surface area contributed by atoms with E-state index in [2.05, 4.69) is 14.9 Å². The van der Waals surface area contributed by atoms with Crippen LogP contribution in [-0.2, 0) is 13.0 Å². The van der Waals surface area contributed by atoms with Crippen molar-refractivity contribution in [1.82, 2.24) is 10.3 Å². The maximum absolute atomic E-state index is 9.28. The first-order valence-corrected chi connectivity index (χ1v) is 5.83. The van der Waals surface area contributed by atoms with Crippen molar-refractivity contribution in [2.24, 2.45) is 0 Å². The van der Waals surface area contributed by atoms with Gasteiger partial charge in [0.05, 0.1) is 6.10 Å². The molecular weight excluding hydrogens is 232 g/mol. The van der Waals surface area contributed by atoms with Crippen LogP contribution in [0.3, 0.4) is 0 Å². The van der Waals surface area contributed by atoms with Crippen LogP contribution in [0.2, 0.25) is 0 Å². The average Bonchev–Trinajstić information content (AvgIpc) is 2.73. The maximum Gasteiger partial charge on any atom is 0.145 e. The number of rotatable bonds is 5. The molecule has 0 bridgehead atoms. The van der Waals surface area contributed by atoms with E-state index >= 15 is 0 Å². The molecule has 0 aliphatic heterocycles. The highest BCUT2D eigenvalue weighted by Crippen LogP contribution is 2.15. The summed E-state index contributed by atoms with van der Waals surface area (Å²) in [6, 6.07) is 7.63. The normalized spacial score (nSPS) is 12.4. The van der Waals surface area contributed by atoms with Crippen molar-refractivity contribution < 1.29 is 14.5 Å². The van der Waals surface area contributed by atoms with Gasteiger partial charge in [-0.2, -0.15) is 0 Å². The lowest BCUT2D eigenvalue weighted by Gasteiger charge is -2.07. The summed E-state index contributed by atoms with van der Waals surface area (Å²) in [7, 11) is 0. The van der Waals surface area contributed by atoms with Gasteiger partial charge in [-0.1, -0.05) is 22.4 Å². The molecule has 1 unspecified atom stereocenters. The highest BCUT2D eigenvalue weighted by atomic mass is 16.6. The van der Waals surface area contributed by atoms with Gasteiger partial charge in [-0.25, -0.2) is 4.63 Å². The second-order valence-electron chi connectivity index (χ2n) is 4.28. The van der Waals surface area contributed by atoms with Gasteiger partial charge in [0.2, 0.25) is 0 Å². The Balaban J connectivity index is 1.92. The molecule has 0 saturated carbocycles. The smallest absolute Gasteiger partial charge is 0.145 e. The predicted molar refractivity (Wildman–Crippen MR) is 65.2 cm³/mol. The number of nitrogens with zero attached hydrogens (tertiary/aromatic N) is 2. The van der Waals surface area contributed by atoms with Crippen LogP contribution in [0.25, 0.3) is 0 Å². The molecule has 96 valence electrons. The monoisotopic (exact) mass is 248 g/mol. The van der Waals surface area contributed by atoms with Crippen molar-refractivity contribution in [2.45, 2.75) is 33.0 Å². The third-order valence-corrected chi connectivity index (χ3v) is 2.58. The topological polar surface area (TPSA) is 68.4 Å². The second kappa shape index (κ2) is 5.64. The zero-order valence-electron chi connectivity index (χ0n) is 10.5. The Bertz CT molecular complexity index is 491. The van der Waals surface area contributed by atoms with Crippen molar-refractivity contribution in [3.05, 3.63) is 41.2 Å². The summed E-state index contributed by atoms with van der Waals surface area (Å²) in [6.07, 6.45) is 0.313. The zero-order valence-corrected chi connectivity index (χ0v) is 10.5. The summed E-state index contributed by atoms with van der Waals surface area (Å²) < 4.78 is 10.2. The van der Waals surface area contributed by atoms with E-state index in [9.17, 15) is 5.11 Å². The summed E-state index contributed by atoms with van der Waals surface area (Å²) in [5, 5.41) is 16.7. The van der Waals surface area contributed by atoms with Crippen LogP contribution in [0, 0.1) is 6.92 Å². The van der Waals surface area contributed by atoms with Crippen LogP contribution in [0.4, 0.5) is 0 Å². The zero-order chi connectivity index (χ0) is 13.0. The van der Waals surface area contributed by atoms with Gasteiger partial charge >= 0.3 is 0 Å². The van der Waals surface area contributed by atoms with Gasteiger partial charge < -0.3 is 9.84 Å². The molecule has 18 heavy (non-hydrogen) atoms. The number of ether oxygens (including phenoxy) is 1. The SMILES string of the molecule is Cc1nonc1COc1ccc(CC(C)O)cc1. The molecule has 5 nitrogen and oxygen atoms in total. The van der Waals surface area contributed by atoms with E-state index in [-0.39, 0.29) is 6.10 Å². The van der Waals surface area contributed by atoms with Crippen LogP contribution >= 0.6 is 0 Å². The Labute approximate surface area is 105 Å². The Morgan fingerprint density at radius 1 is 1.28 bits per heavy atom. The largest absolute Gasteiger partial charge is 0.487 e. The predicted octanol–water partition coefficient (Wildman–Crippen LogP) is 1.88. The van der Waals surface area contributed by atoms with Gasteiger partial charge in [0, 0.05) is 0 Å². The van der Waals surface area contributed by atoms with Gasteiger partial charge in [0.25, 0.3) is 0 Å². The molecule has 0 aliphatic rings. The standard InChI is InChI=1S/C13H16N2O3/c1-9(16)7-11-3-5-12(6-4-11)17-8-13-10(2)14-18-15-13/h3-6,9,16H,7-8H2,1-2H3. The molecule has 1 heterocycles. The number of benzene rings is 1. The Kier molecular flexibility index (Phi) is 3.94. The van der Waals surface area contributed by atoms with Crippen molar-refractivity contribution in [3.63, 3.8) is 0 Å². The molecule has 0 amide bonds. The fourth-order valence-electron chi connectivity index (χ4n) is 1.60. The lowest BCUT2D eigenvalue weighted by molar-refractivity contribution is 0.195. The minimum atomic E-state index is -0.333. The highest BCUT2D eigenvalue weighted by molar-refractivity contribution is 5.27. The molecule has 1 N–H and O–H groups in total. The lowest BCUT2D eigenvalue weighted by Crippen LogP contribution is -2.04. The van der Waals surface area contributed by atoms with Gasteiger partial charge in [-0.05, 0) is 38.0 Å². The highest BCUT2D eigenvalue weighted by Gasteiger charge is 2.06. The van der Waals surface area contributed by atoms with E-state index < -0.39 is 0 Å². The van der Waals surface area contributed by atoms with E-state index in [4.69, 9.17) is 4.74 Å². The number of hydrogen-bond acceptors (Lipinski definition) is 5. The fourth-order valence-corrected chi connectivity index (χ4v) is 1.60. The van der Waals surface area contributed by atoms with Gasteiger partial charge in [0.15, 0.2) is 0 Å². The molecular formula is C13H16N2O3. The minimum Gasteiger partial charge on any atom is -0.487 e. The molecule has 2 rings (SSSR count). The summed E-state index contributed by atoms with van der Waals surface area (Å²) in [6.45, 7) is 3.93. The third kappa shape index (κ3) is 3.30. The van der Waals surface area contributed by atoms with Crippen LogP contribution in [-0.4, -0.2) is 21.5 Å². The minimum absolute atomic E-state index is 0.333. The van der Waals surface area contributed by atoms with Crippen molar-refractivity contribution in [1.29, 1.82) is 0 Å². The molecule has 1 aromatic carbocycles. The van der Waals surface area contributed by atoms with Crippen molar-refractivity contribution >= 4 is 0 Å². The first-order valence-electron chi connectivity index (χ1n) is 5.83. The van der Waals surface area contributed by atoms with E-state index in [1.165, 1.54) is 0 Å². The molecule has 0 spiro atoms. The number of aliphatic hydroxyl groups excluding tert-OH is 1. The number of aromatic nitrogens is 2. The van der Waals surface area contributed by atoms with Crippen LogP contribution in [0.1, 0.15) is 23.9 Å². The van der Waals surface area contributed by atoms with Crippen LogP contribution in [0.15, 0.2) is 28.9 Å². The molecule has 0 aliphatic carbocycles. The van der Waals surface area contributed by atoms with Gasteiger partial charge in [0.1, 0.15) is 23.7 Å². The molecule has 0 fully saturated rings. The molecule has 0 radical (unpaired) electrons. The number of aliphatic hydroxyl groups is 1. The molecule has 0 saturated heterocycles. The van der Waals surface area contributed by atoms with Crippen molar-refractivity contribution in [3.8, 4) is 5.75 Å². The van der Waals surface area contributed by atoms with Crippen LogP contribution in [0.5, 0.6) is 5.75 Å². The Morgan fingerprint density at radius 3 is 2.56 bits per heavy atom. The third-order valence-electron chi connectivity index (χ3n) is 2.58. The first-order chi connectivity index (χ1) is 8.65. The quantitative estimate of drug-likeness (QED) is 0.875. The lowest BCUT2D eigenvalue weighted by atomic mass is 10.1. The fraction of sp³-hybridized carbons (Fsp3) is 0.385. The average molecular weight is 248 g/mol. The van der Waals surface area contributed by atoms with E-state index in [1.54, 1.807) is 6.92 Å². The first kappa shape index (κ1) is 12.6. The second-order valence-corrected chi connectivity index (χ2v) is 4.28. The summed E-state index contributed by atoms with van der Waals surface area (Å²) >= 11 is 0. The summed E-state index contributed by atoms with van der Waals surface area (Å²) in [5.74, 6) is 0.756. The number of hydrogen-bond donors (Lipinski definition) is 1. The Hall–Kier alpha value is -1.88. The molecule has 1 aromatic heterocycles. The van der Waals surface area contributed by atoms with Gasteiger partial charge in [-0.15, -0.1) is 0 Å². The van der Waals surface area contributed by atoms with Crippen LogP contribution < -0.4 is 4.74 Å². The Morgan fingerprint density at radius 2 is 2.00 bits per heavy atom. The molecule has 5 heteroatoms. The summed E-state index contributed by atoms with van der Waals surface area (Å²) in [4.78, 5) is 0.